The van der Waals surface area contributed by atoms with E-state index in [1.54, 1.807) is 6.07 Å². The van der Waals surface area contributed by atoms with Gasteiger partial charge >= 0.3 is 6.18 Å². The van der Waals surface area contributed by atoms with Crippen LogP contribution in [0.25, 0.3) is 0 Å². The van der Waals surface area contributed by atoms with Gasteiger partial charge in [0.15, 0.2) is 0 Å². The van der Waals surface area contributed by atoms with E-state index in [0.29, 0.717) is 6.07 Å². The molecule has 0 aliphatic rings. The zero-order chi connectivity index (χ0) is 16.2. The molecule has 3 N–H and O–H groups in total. The normalized spacial score (nSPS) is 12.9. The number of nitrogens with one attached hydrogen (secondary N) is 1. The lowest BCUT2D eigenvalue weighted by Crippen LogP contribution is -2.32. The van der Waals surface area contributed by atoms with E-state index in [4.69, 9.17) is 11.0 Å². The summed E-state index contributed by atoms with van der Waals surface area (Å²) in [5, 5.41) is 10.9. The molecule has 0 aromatic heterocycles. The van der Waals surface area contributed by atoms with E-state index in [9.17, 15) is 18.0 Å². The molecule has 1 rings (SSSR count). The Bertz CT molecular complexity index is 562. The van der Waals surface area contributed by atoms with E-state index < -0.39 is 23.7 Å². The predicted octanol–water partition coefficient (Wildman–Crippen LogP) is 2.89. The third-order valence-electron chi connectivity index (χ3n) is 3.01. The van der Waals surface area contributed by atoms with E-state index in [2.05, 4.69) is 5.32 Å². The van der Waals surface area contributed by atoms with Crippen LogP contribution >= 0.6 is 0 Å². The fraction of sp³-hybridized carbons (Fsp3) is 0.429. The molecule has 0 radical (unpaired) electrons. The number of anilines is 1. The first-order valence-corrected chi connectivity index (χ1v) is 6.32. The van der Waals surface area contributed by atoms with Gasteiger partial charge in [0.05, 0.1) is 22.9 Å². The average Bonchev–Trinajstić information content (AvgIpc) is 2.37. The Labute approximate surface area is 120 Å². The molecule has 114 valence electrons. The number of nitrogens with zero attached hydrogens (tertiary/aromatic N) is 1. The minimum atomic E-state index is -4.66. The van der Waals surface area contributed by atoms with Gasteiger partial charge in [-0.2, -0.15) is 18.4 Å². The quantitative estimate of drug-likeness (QED) is 0.897. The van der Waals surface area contributed by atoms with Crippen LogP contribution in [0.1, 0.15) is 31.4 Å². The summed E-state index contributed by atoms with van der Waals surface area (Å²) in [5.41, 5.74) is 4.17. The van der Waals surface area contributed by atoms with E-state index >= 15 is 0 Å². The van der Waals surface area contributed by atoms with Gasteiger partial charge in [-0.3, -0.25) is 4.79 Å². The largest absolute Gasteiger partial charge is 0.418 e. The van der Waals surface area contributed by atoms with Crippen LogP contribution in [0.15, 0.2) is 18.2 Å². The van der Waals surface area contributed by atoms with Crippen LogP contribution in [0.2, 0.25) is 0 Å². The van der Waals surface area contributed by atoms with E-state index in [1.807, 2.05) is 13.8 Å². The van der Waals surface area contributed by atoms with Crippen molar-refractivity contribution in [3.63, 3.8) is 0 Å². The summed E-state index contributed by atoms with van der Waals surface area (Å²) in [7, 11) is 0. The minimum Gasteiger partial charge on any atom is -0.327 e. The molecule has 1 unspecified atom stereocenters. The first-order chi connectivity index (χ1) is 9.65. The van der Waals surface area contributed by atoms with Gasteiger partial charge in [0.25, 0.3) is 0 Å². The van der Waals surface area contributed by atoms with Crippen molar-refractivity contribution in [1.29, 1.82) is 5.26 Å². The fourth-order valence-electron chi connectivity index (χ4n) is 1.61. The van der Waals surface area contributed by atoms with Crippen molar-refractivity contribution in [2.45, 2.75) is 32.5 Å². The summed E-state index contributed by atoms with van der Waals surface area (Å²) >= 11 is 0. The number of benzene rings is 1. The number of halogens is 3. The second-order valence-corrected chi connectivity index (χ2v) is 5.03. The zero-order valence-electron chi connectivity index (χ0n) is 11.7. The van der Waals surface area contributed by atoms with Crippen molar-refractivity contribution in [3.8, 4) is 6.07 Å². The molecule has 0 saturated heterocycles. The maximum absolute atomic E-state index is 12.9. The molecule has 0 saturated carbocycles. The Hall–Kier alpha value is -2.07. The van der Waals surface area contributed by atoms with Crippen LogP contribution in [-0.2, 0) is 11.0 Å². The molecule has 1 atom stereocenters. The lowest BCUT2D eigenvalue weighted by atomic mass is 10.0. The summed E-state index contributed by atoms with van der Waals surface area (Å²) in [6.07, 6.45) is -4.73. The summed E-state index contributed by atoms with van der Waals surface area (Å²) in [5.74, 6) is -0.551. The minimum absolute atomic E-state index is 0.0406. The molecule has 0 aliphatic heterocycles. The Balaban J connectivity index is 2.98. The molecule has 0 bridgehead atoms. The molecule has 1 aromatic carbocycles. The number of hydrogen-bond acceptors (Lipinski definition) is 3. The summed E-state index contributed by atoms with van der Waals surface area (Å²) in [6, 6.07) is 4.19. The lowest BCUT2D eigenvalue weighted by molar-refractivity contribution is -0.137. The van der Waals surface area contributed by atoms with E-state index in [-0.39, 0.29) is 23.6 Å². The third-order valence-corrected chi connectivity index (χ3v) is 3.01. The second-order valence-electron chi connectivity index (χ2n) is 5.03. The Morgan fingerprint density at radius 1 is 1.43 bits per heavy atom. The molecule has 0 aliphatic carbocycles. The van der Waals surface area contributed by atoms with Gasteiger partial charge in [0, 0.05) is 12.5 Å². The van der Waals surface area contributed by atoms with Crippen molar-refractivity contribution in [2.75, 3.05) is 5.32 Å². The van der Waals surface area contributed by atoms with Crippen LogP contribution in [0.4, 0.5) is 18.9 Å². The number of nitrogens with two attached hydrogens (primary N) is 1. The molecule has 1 aromatic rings. The number of carbonyl (C=O) groups is 1. The van der Waals surface area contributed by atoms with Crippen LogP contribution in [0.5, 0.6) is 0 Å². The maximum atomic E-state index is 12.9. The van der Waals surface area contributed by atoms with Crippen molar-refractivity contribution in [1.82, 2.24) is 0 Å². The molecule has 1 amide bonds. The smallest absolute Gasteiger partial charge is 0.327 e. The first-order valence-electron chi connectivity index (χ1n) is 6.32. The highest BCUT2D eigenvalue weighted by molar-refractivity contribution is 5.92. The summed E-state index contributed by atoms with van der Waals surface area (Å²) in [6.45, 7) is 3.64. The third kappa shape index (κ3) is 4.76. The number of hydrogen-bond donors (Lipinski definition) is 2. The zero-order valence-corrected chi connectivity index (χ0v) is 11.7. The lowest BCUT2D eigenvalue weighted by Gasteiger charge is -2.17. The molecule has 0 spiro atoms. The number of nitriles is 1. The average molecular weight is 299 g/mol. The van der Waals surface area contributed by atoms with Gasteiger partial charge in [-0.1, -0.05) is 13.8 Å². The fourth-order valence-corrected chi connectivity index (χ4v) is 1.61. The molecule has 7 heteroatoms. The van der Waals surface area contributed by atoms with Crippen LogP contribution in [-0.4, -0.2) is 11.9 Å². The highest BCUT2D eigenvalue weighted by Crippen LogP contribution is 2.35. The van der Waals surface area contributed by atoms with Gasteiger partial charge in [0.1, 0.15) is 0 Å². The van der Waals surface area contributed by atoms with Gasteiger partial charge < -0.3 is 11.1 Å². The van der Waals surface area contributed by atoms with Gasteiger partial charge in [-0.05, 0) is 24.1 Å². The van der Waals surface area contributed by atoms with Gasteiger partial charge in [-0.25, -0.2) is 0 Å². The summed E-state index contributed by atoms with van der Waals surface area (Å²) in [4.78, 5) is 11.7. The molecule has 21 heavy (non-hydrogen) atoms. The van der Waals surface area contributed by atoms with Crippen LogP contribution < -0.4 is 11.1 Å². The molecule has 0 fully saturated rings. The number of alkyl halides is 3. The number of carbonyl (C=O) groups excluding carboxylic acids is 1. The highest BCUT2D eigenvalue weighted by Gasteiger charge is 2.34. The molecular formula is C14H16F3N3O. The van der Waals surface area contributed by atoms with Crippen LogP contribution in [0.3, 0.4) is 0 Å². The molecular weight excluding hydrogens is 283 g/mol. The van der Waals surface area contributed by atoms with E-state index in [1.165, 1.54) is 6.07 Å². The SMILES string of the molecule is CC(C)C(N)CC(=O)Nc1ccc(C#N)cc1C(F)(F)F. The van der Waals surface area contributed by atoms with Crippen LogP contribution in [0, 0.1) is 17.2 Å². The topological polar surface area (TPSA) is 78.9 Å². The highest BCUT2D eigenvalue weighted by atomic mass is 19.4. The number of rotatable bonds is 4. The predicted molar refractivity (Wildman–Crippen MR) is 72.2 cm³/mol. The van der Waals surface area contributed by atoms with Gasteiger partial charge in [0.2, 0.25) is 5.91 Å². The van der Waals surface area contributed by atoms with Crippen molar-refractivity contribution in [3.05, 3.63) is 29.3 Å². The van der Waals surface area contributed by atoms with Crippen molar-refractivity contribution >= 4 is 11.6 Å². The molecule has 0 heterocycles. The number of amides is 1. The van der Waals surface area contributed by atoms with Crippen molar-refractivity contribution in [2.24, 2.45) is 11.7 Å². The molecule has 4 nitrogen and oxygen atoms in total. The maximum Gasteiger partial charge on any atom is 0.418 e. The second kappa shape index (κ2) is 6.59. The Morgan fingerprint density at radius 3 is 2.52 bits per heavy atom. The van der Waals surface area contributed by atoms with Crippen molar-refractivity contribution < 1.29 is 18.0 Å². The monoisotopic (exact) mass is 299 g/mol. The van der Waals surface area contributed by atoms with Gasteiger partial charge in [-0.15, -0.1) is 0 Å². The Kier molecular flexibility index (Phi) is 5.33. The van der Waals surface area contributed by atoms with E-state index in [0.717, 1.165) is 6.07 Å². The Morgan fingerprint density at radius 2 is 2.05 bits per heavy atom. The first kappa shape index (κ1) is 17.0. The standard InChI is InChI=1S/C14H16F3N3O/c1-8(2)11(19)6-13(21)20-12-4-3-9(7-18)5-10(12)14(15,16)17/h3-5,8,11H,6,19H2,1-2H3,(H,20,21). The summed E-state index contributed by atoms with van der Waals surface area (Å²) < 4.78 is 38.8.